The Labute approximate surface area is 85.1 Å². The molecule has 0 unspecified atom stereocenters. The van der Waals surface area contributed by atoms with Crippen molar-refractivity contribution in [3.63, 3.8) is 0 Å². The molecular formula is C9H10O4S. The van der Waals surface area contributed by atoms with Gasteiger partial charge in [-0.3, -0.25) is 4.79 Å². The lowest BCUT2D eigenvalue weighted by Crippen LogP contribution is -2.09. The van der Waals surface area contributed by atoms with Crippen LogP contribution in [0.5, 0.6) is 0 Å². The van der Waals surface area contributed by atoms with E-state index in [2.05, 4.69) is 0 Å². The van der Waals surface area contributed by atoms with Crippen molar-refractivity contribution in [1.29, 1.82) is 0 Å². The van der Waals surface area contributed by atoms with E-state index in [-0.39, 0.29) is 11.3 Å². The van der Waals surface area contributed by atoms with Crippen LogP contribution in [0.25, 0.3) is 0 Å². The van der Waals surface area contributed by atoms with Crippen molar-refractivity contribution in [2.24, 2.45) is 0 Å². The first kappa shape index (κ1) is 10.7. The topological polar surface area (TPSA) is 63.6 Å². The highest BCUT2D eigenvalue weighted by atomic mass is 32.1. The Morgan fingerprint density at radius 3 is 2.86 bits per heavy atom. The molecule has 0 aliphatic carbocycles. The van der Waals surface area contributed by atoms with Crippen molar-refractivity contribution in [2.45, 2.75) is 13.3 Å². The van der Waals surface area contributed by atoms with E-state index in [0.717, 1.165) is 11.3 Å². The second-order valence-electron chi connectivity index (χ2n) is 2.56. The van der Waals surface area contributed by atoms with Gasteiger partial charge in [0.15, 0.2) is 0 Å². The standard InChI is InChI=1S/C9H10O4S/c1-2-13-7(10)5-6-3-4-14-8(6)9(11)12/h3-4H,2,5H2,1H3,(H,11,12). The maximum absolute atomic E-state index is 11.1. The van der Waals surface area contributed by atoms with Gasteiger partial charge in [0.25, 0.3) is 0 Å². The van der Waals surface area contributed by atoms with Crippen LogP contribution in [-0.4, -0.2) is 23.7 Å². The van der Waals surface area contributed by atoms with Crippen LogP contribution in [0.1, 0.15) is 22.2 Å². The molecule has 1 aromatic heterocycles. The van der Waals surface area contributed by atoms with E-state index in [4.69, 9.17) is 9.84 Å². The number of carboxylic acids is 1. The summed E-state index contributed by atoms with van der Waals surface area (Å²) >= 11 is 1.11. The van der Waals surface area contributed by atoms with E-state index in [1.165, 1.54) is 0 Å². The Balaban J connectivity index is 2.71. The molecule has 0 saturated heterocycles. The number of thiophene rings is 1. The first-order chi connectivity index (χ1) is 6.65. The lowest BCUT2D eigenvalue weighted by atomic mass is 10.2. The van der Waals surface area contributed by atoms with E-state index in [9.17, 15) is 9.59 Å². The normalized spacial score (nSPS) is 9.79. The van der Waals surface area contributed by atoms with Crippen molar-refractivity contribution >= 4 is 23.3 Å². The highest BCUT2D eigenvalue weighted by molar-refractivity contribution is 7.12. The van der Waals surface area contributed by atoms with Crippen LogP contribution in [0.2, 0.25) is 0 Å². The maximum atomic E-state index is 11.1. The van der Waals surface area contributed by atoms with E-state index < -0.39 is 11.9 Å². The van der Waals surface area contributed by atoms with Crippen molar-refractivity contribution in [2.75, 3.05) is 6.61 Å². The maximum Gasteiger partial charge on any atom is 0.346 e. The zero-order valence-corrected chi connectivity index (χ0v) is 8.47. The van der Waals surface area contributed by atoms with Gasteiger partial charge in [0.05, 0.1) is 13.0 Å². The summed E-state index contributed by atoms with van der Waals surface area (Å²) in [6, 6.07) is 1.63. The number of carboxylic acid groups (broad SMARTS) is 1. The van der Waals surface area contributed by atoms with E-state index in [1.54, 1.807) is 18.4 Å². The van der Waals surface area contributed by atoms with E-state index in [1.807, 2.05) is 0 Å². The van der Waals surface area contributed by atoms with Crippen molar-refractivity contribution in [3.8, 4) is 0 Å². The molecule has 0 amide bonds. The first-order valence-corrected chi connectivity index (χ1v) is 4.98. The minimum atomic E-state index is -1.00. The molecule has 5 heteroatoms. The minimum Gasteiger partial charge on any atom is -0.477 e. The summed E-state index contributed by atoms with van der Waals surface area (Å²) in [5, 5.41) is 10.4. The SMILES string of the molecule is CCOC(=O)Cc1ccsc1C(=O)O. The van der Waals surface area contributed by atoms with Crippen LogP contribution >= 0.6 is 11.3 Å². The number of hydrogen-bond acceptors (Lipinski definition) is 4. The summed E-state index contributed by atoms with van der Waals surface area (Å²) in [6.07, 6.45) is 0.0268. The Bertz CT molecular complexity index is 342. The van der Waals surface area contributed by atoms with Crippen LogP contribution in [0.15, 0.2) is 11.4 Å². The predicted molar refractivity (Wildman–Crippen MR) is 51.6 cm³/mol. The molecule has 0 aliphatic rings. The van der Waals surface area contributed by atoms with Gasteiger partial charge >= 0.3 is 11.9 Å². The van der Waals surface area contributed by atoms with Crippen molar-refractivity contribution in [1.82, 2.24) is 0 Å². The van der Waals surface area contributed by atoms with Gasteiger partial charge in [-0.15, -0.1) is 11.3 Å². The zero-order valence-electron chi connectivity index (χ0n) is 7.65. The van der Waals surface area contributed by atoms with Crippen LogP contribution in [0.4, 0.5) is 0 Å². The molecule has 0 fully saturated rings. The highest BCUT2D eigenvalue weighted by Gasteiger charge is 2.14. The van der Waals surface area contributed by atoms with Crippen LogP contribution in [0, 0.1) is 0 Å². The van der Waals surface area contributed by atoms with Gasteiger partial charge in [0.2, 0.25) is 0 Å². The highest BCUT2D eigenvalue weighted by Crippen LogP contribution is 2.17. The lowest BCUT2D eigenvalue weighted by molar-refractivity contribution is -0.142. The summed E-state index contributed by atoms with van der Waals surface area (Å²) in [7, 11) is 0. The first-order valence-electron chi connectivity index (χ1n) is 4.10. The summed E-state index contributed by atoms with van der Waals surface area (Å²) < 4.78 is 4.72. The van der Waals surface area contributed by atoms with Gasteiger partial charge in [0.1, 0.15) is 4.88 Å². The molecule has 0 aromatic carbocycles. The molecule has 0 spiro atoms. The van der Waals surface area contributed by atoms with Gasteiger partial charge < -0.3 is 9.84 Å². The molecule has 0 atom stereocenters. The summed E-state index contributed by atoms with van der Waals surface area (Å²) in [5.74, 6) is -1.40. The lowest BCUT2D eigenvalue weighted by Gasteiger charge is -2.00. The second kappa shape index (κ2) is 4.76. The van der Waals surface area contributed by atoms with Gasteiger partial charge in [-0.2, -0.15) is 0 Å². The number of hydrogen-bond donors (Lipinski definition) is 1. The Hall–Kier alpha value is -1.36. The minimum absolute atomic E-state index is 0.0268. The smallest absolute Gasteiger partial charge is 0.346 e. The van der Waals surface area contributed by atoms with Crippen molar-refractivity contribution < 1.29 is 19.4 Å². The summed E-state index contributed by atoms with van der Waals surface area (Å²) in [6.45, 7) is 2.02. The zero-order chi connectivity index (χ0) is 10.6. The Morgan fingerprint density at radius 1 is 1.57 bits per heavy atom. The average molecular weight is 214 g/mol. The van der Waals surface area contributed by atoms with E-state index in [0.29, 0.717) is 12.2 Å². The van der Waals surface area contributed by atoms with Crippen LogP contribution in [0.3, 0.4) is 0 Å². The quantitative estimate of drug-likeness (QED) is 0.772. The third-order valence-electron chi connectivity index (χ3n) is 1.58. The molecular weight excluding hydrogens is 204 g/mol. The Morgan fingerprint density at radius 2 is 2.29 bits per heavy atom. The summed E-state index contributed by atoms with van der Waals surface area (Å²) in [5.41, 5.74) is 0.515. The molecule has 1 aromatic rings. The molecule has 14 heavy (non-hydrogen) atoms. The third kappa shape index (κ3) is 2.56. The number of carbonyl (C=O) groups is 2. The van der Waals surface area contributed by atoms with Gasteiger partial charge in [-0.1, -0.05) is 0 Å². The molecule has 76 valence electrons. The number of carbonyl (C=O) groups excluding carboxylic acids is 1. The van der Waals surface area contributed by atoms with Gasteiger partial charge in [0, 0.05) is 0 Å². The molecule has 4 nitrogen and oxygen atoms in total. The van der Waals surface area contributed by atoms with Gasteiger partial charge in [-0.25, -0.2) is 4.79 Å². The molecule has 0 bridgehead atoms. The third-order valence-corrected chi connectivity index (χ3v) is 2.53. The Kier molecular flexibility index (Phi) is 3.64. The second-order valence-corrected chi connectivity index (χ2v) is 3.48. The number of esters is 1. The predicted octanol–water partition coefficient (Wildman–Crippen LogP) is 1.55. The molecule has 0 saturated carbocycles. The van der Waals surface area contributed by atoms with E-state index >= 15 is 0 Å². The number of aromatic carboxylic acids is 1. The fourth-order valence-electron chi connectivity index (χ4n) is 1.03. The van der Waals surface area contributed by atoms with Crippen molar-refractivity contribution in [3.05, 3.63) is 21.9 Å². The summed E-state index contributed by atoms with van der Waals surface area (Å²) in [4.78, 5) is 22.0. The molecule has 1 rings (SSSR count). The molecule has 0 radical (unpaired) electrons. The fraction of sp³-hybridized carbons (Fsp3) is 0.333. The average Bonchev–Trinajstić information content (AvgIpc) is 2.52. The molecule has 0 aliphatic heterocycles. The number of rotatable bonds is 4. The number of ether oxygens (including phenoxy) is 1. The van der Waals surface area contributed by atoms with Crippen LogP contribution in [-0.2, 0) is 16.0 Å². The largest absolute Gasteiger partial charge is 0.477 e. The molecule has 1 N–H and O–H groups in total. The molecule has 1 heterocycles. The van der Waals surface area contributed by atoms with Gasteiger partial charge in [-0.05, 0) is 23.9 Å². The van der Waals surface area contributed by atoms with Crippen LogP contribution < -0.4 is 0 Å². The fourth-order valence-corrected chi connectivity index (χ4v) is 1.79. The monoisotopic (exact) mass is 214 g/mol.